The zero-order chi connectivity index (χ0) is 17.8. The molecule has 3 rings (SSSR count). The number of amides is 1. The number of nitrogens with one attached hydrogen (secondary N) is 1. The third-order valence-electron chi connectivity index (χ3n) is 3.75. The number of halogens is 1. The van der Waals surface area contributed by atoms with Gasteiger partial charge in [0.2, 0.25) is 0 Å². The molecule has 0 aliphatic heterocycles. The number of aromatic nitrogens is 2. The van der Waals surface area contributed by atoms with Crippen molar-refractivity contribution in [2.45, 2.75) is 13.5 Å². The molecule has 0 saturated carbocycles. The van der Waals surface area contributed by atoms with Gasteiger partial charge in [0.15, 0.2) is 5.69 Å². The Bertz CT molecular complexity index is 968. The minimum Gasteiger partial charge on any atom is -0.320 e. The fourth-order valence-corrected chi connectivity index (χ4v) is 2.37. The zero-order valence-corrected chi connectivity index (χ0v) is 13.6. The summed E-state index contributed by atoms with van der Waals surface area (Å²) in [4.78, 5) is 28.7. The third kappa shape index (κ3) is 3.80. The first-order valence-corrected chi connectivity index (χ1v) is 7.71. The Morgan fingerprint density at radius 2 is 1.96 bits per heavy atom. The summed E-state index contributed by atoms with van der Waals surface area (Å²) in [6.45, 7) is 1.96. The van der Waals surface area contributed by atoms with Crippen LogP contribution in [0.4, 0.5) is 10.1 Å². The fraction of sp³-hybridized carbons (Fsp3) is 0.105. The molecule has 0 atom stereocenters. The van der Waals surface area contributed by atoms with Gasteiger partial charge >= 0.3 is 0 Å². The Labute approximate surface area is 143 Å². The van der Waals surface area contributed by atoms with E-state index in [-0.39, 0.29) is 11.4 Å². The van der Waals surface area contributed by atoms with Gasteiger partial charge in [-0.1, -0.05) is 36.4 Å². The fourth-order valence-electron chi connectivity index (χ4n) is 2.37. The number of hydrogen-bond acceptors (Lipinski definition) is 3. The van der Waals surface area contributed by atoms with E-state index in [0.717, 1.165) is 5.56 Å². The summed E-state index contributed by atoms with van der Waals surface area (Å²) in [5.41, 5.74) is 0.937. The highest BCUT2D eigenvalue weighted by Crippen LogP contribution is 2.14. The maximum absolute atomic E-state index is 13.6. The van der Waals surface area contributed by atoms with E-state index in [1.807, 2.05) is 30.3 Å². The molecule has 0 spiro atoms. The van der Waals surface area contributed by atoms with Crippen molar-refractivity contribution < 1.29 is 9.18 Å². The quantitative estimate of drug-likeness (QED) is 0.796. The van der Waals surface area contributed by atoms with Crippen LogP contribution >= 0.6 is 0 Å². The van der Waals surface area contributed by atoms with Crippen LogP contribution < -0.4 is 10.9 Å². The van der Waals surface area contributed by atoms with Crippen LogP contribution in [0, 0.1) is 12.7 Å². The molecule has 0 unspecified atom stereocenters. The molecule has 25 heavy (non-hydrogen) atoms. The number of carbonyl (C=O) groups excluding carboxylic acids is 1. The predicted molar refractivity (Wildman–Crippen MR) is 93.1 cm³/mol. The van der Waals surface area contributed by atoms with Gasteiger partial charge in [-0.2, -0.15) is 0 Å². The number of anilines is 1. The smallest absolute Gasteiger partial charge is 0.282 e. The van der Waals surface area contributed by atoms with Gasteiger partial charge in [-0.3, -0.25) is 9.59 Å². The van der Waals surface area contributed by atoms with E-state index in [0.29, 0.717) is 12.1 Å². The van der Waals surface area contributed by atoms with Crippen molar-refractivity contribution in [3.63, 3.8) is 0 Å². The molecule has 0 saturated heterocycles. The zero-order valence-electron chi connectivity index (χ0n) is 13.6. The molecule has 0 aliphatic rings. The van der Waals surface area contributed by atoms with E-state index in [9.17, 15) is 14.0 Å². The minimum absolute atomic E-state index is 0.237. The summed E-state index contributed by atoms with van der Waals surface area (Å²) in [6.07, 6.45) is 2.92. The van der Waals surface area contributed by atoms with Gasteiger partial charge in [-0.05, 0) is 30.2 Å². The standard InChI is InChI=1S/C19H16FN3O2/c1-13-7-8-15(11-16(13)20)22-18(24)17-19(25)23(10-9-21-17)12-14-5-3-2-4-6-14/h2-11H,12H2,1H3,(H,22,24). The van der Waals surface area contributed by atoms with E-state index in [4.69, 9.17) is 0 Å². The van der Waals surface area contributed by atoms with E-state index in [1.54, 1.807) is 19.1 Å². The lowest BCUT2D eigenvalue weighted by Crippen LogP contribution is -2.30. The minimum atomic E-state index is -0.671. The Kier molecular flexibility index (Phi) is 4.70. The maximum atomic E-state index is 13.6. The SMILES string of the molecule is Cc1ccc(NC(=O)c2nccn(Cc3ccccc3)c2=O)cc1F. The Morgan fingerprint density at radius 1 is 1.20 bits per heavy atom. The van der Waals surface area contributed by atoms with Crippen LogP contribution in [0.25, 0.3) is 0 Å². The summed E-state index contributed by atoms with van der Waals surface area (Å²) < 4.78 is 15.0. The summed E-state index contributed by atoms with van der Waals surface area (Å²) in [5.74, 6) is -1.10. The van der Waals surface area contributed by atoms with Gasteiger partial charge in [0.05, 0.1) is 6.54 Å². The Morgan fingerprint density at radius 3 is 2.68 bits per heavy atom. The number of aryl methyl sites for hydroxylation is 1. The average Bonchev–Trinajstić information content (AvgIpc) is 2.61. The number of hydrogen-bond donors (Lipinski definition) is 1. The van der Waals surface area contributed by atoms with Crippen molar-refractivity contribution in [2.24, 2.45) is 0 Å². The van der Waals surface area contributed by atoms with Crippen LogP contribution in [0.3, 0.4) is 0 Å². The lowest BCUT2D eigenvalue weighted by molar-refractivity contribution is 0.102. The van der Waals surface area contributed by atoms with E-state index in [2.05, 4.69) is 10.3 Å². The molecule has 3 aromatic rings. The number of benzene rings is 2. The second-order valence-electron chi connectivity index (χ2n) is 5.61. The van der Waals surface area contributed by atoms with Crippen molar-refractivity contribution in [3.05, 3.63) is 93.9 Å². The highest BCUT2D eigenvalue weighted by molar-refractivity contribution is 6.02. The molecular formula is C19H16FN3O2. The first-order chi connectivity index (χ1) is 12.0. The normalized spacial score (nSPS) is 10.5. The number of carbonyl (C=O) groups is 1. The monoisotopic (exact) mass is 337 g/mol. The number of rotatable bonds is 4. The van der Waals surface area contributed by atoms with E-state index < -0.39 is 17.3 Å². The molecule has 0 aliphatic carbocycles. The third-order valence-corrected chi connectivity index (χ3v) is 3.75. The van der Waals surface area contributed by atoms with Gasteiger partial charge in [0, 0.05) is 18.1 Å². The molecule has 6 heteroatoms. The first-order valence-electron chi connectivity index (χ1n) is 7.71. The van der Waals surface area contributed by atoms with Crippen molar-refractivity contribution in [2.75, 3.05) is 5.32 Å². The van der Waals surface area contributed by atoms with E-state index in [1.165, 1.54) is 23.0 Å². The van der Waals surface area contributed by atoms with Crippen molar-refractivity contribution in [1.29, 1.82) is 0 Å². The summed E-state index contributed by atoms with van der Waals surface area (Å²) >= 11 is 0. The van der Waals surface area contributed by atoms with Crippen molar-refractivity contribution in [3.8, 4) is 0 Å². The molecule has 1 aromatic heterocycles. The average molecular weight is 337 g/mol. The lowest BCUT2D eigenvalue weighted by atomic mass is 10.2. The second kappa shape index (κ2) is 7.09. The lowest BCUT2D eigenvalue weighted by Gasteiger charge is -2.09. The van der Waals surface area contributed by atoms with Gasteiger partial charge in [0.25, 0.3) is 11.5 Å². The first kappa shape index (κ1) is 16.6. The van der Waals surface area contributed by atoms with Gasteiger partial charge in [-0.15, -0.1) is 0 Å². The van der Waals surface area contributed by atoms with Crippen LogP contribution in [0.2, 0.25) is 0 Å². The summed E-state index contributed by atoms with van der Waals surface area (Å²) in [6, 6.07) is 13.8. The topological polar surface area (TPSA) is 64.0 Å². The molecular weight excluding hydrogens is 321 g/mol. The van der Waals surface area contributed by atoms with Crippen molar-refractivity contribution >= 4 is 11.6 Å². The molecule has 2 aromatic carbocycles. The highest BCUT2D eigenvalue weighted by Gasteiger charge is 2.15. The molecule has 0 radical (unpaired) electrons. The Balaban J connectivity index is 1.84. The van der Waals surface area contributed by atoms with Crippen LogP contribution in [-0.2, 0) is 6.54 Å². The summed E-state index contributed by atoms with van der Waals surface area (Å²) in [5, 5.41) is 2.50. The van der Waals surface area contributed by atoms with Crippen LogP contribution in [0.1, 0.15) is 21.6 Å². The second-order valence-corrected chi connectivity index (χ2v) is 5.61. The molecule has 126 valence electrons. The summed E-state index contributed by atoms with van der Waals surface area (Å²) in [7, 11) is 0. The molecule has 1 amide bonds. The molecule has 5 nitrogen and oxygen atoms in total. The van der Waals surface area contributed by atoms with Crippen LogP contribution in [-0.4, -0.2) is 15.5 Å². The van der Waals surface area contributed by atoms with E-state index >= 15 is 0 Å². The maximum Gasteiger partial charge on any atom is 0.282 e. The van der Waals surface area contributed by atoms with Crippen molar-refractivity contribution in [1.82, 2.24) is 9.55 Å². The molecule has 1 N–H and O–H groups in total. The highest BCUT2D eigenvalue weighted by atomic mass is 19.1. The van der Waals surface area contributed by atoms with Gasteiger partial charge in [-0.25, -0.2) is 9.37 Å². The number of nitrogens with zero attached hydrogens (tertiary/aromatic N) is 2. The van der Waals surface area contributed by atoms with Gasteiger partial charge < -0.3 is 9.88 Å². The van der Waals surface area contributed by atoms with Crippen LogP contribution in [0.5, 0.6) is 0 Å². The molecule has 0 fully saturated rings. The van der Waals surface area contributed by atoms with Gasteiger partial charge in [0.1, 0.15) is 5.82 Å². The van der Waals surface area contributed by atoms with Crippen LogP contribution in [0.15, 0.2) is 65.7 Å². The predicted octanol–water partition coefficient (Wildman–Crippen LogP) is 2.99. The molecule has 0 bridgehead atoms. The molecule has 1 heterocycles. The largest absolute Gasteiger partial charge is 0.320 e. The Hall–Kier alpha value is -3.28.